The molecule has 1 aliphatic rings. The molecule has 1 unspecified atom stereocenters. The van der Waals surface area contributed by atoms with Gasteiger partial charge in [-0.2, -0.15) is 4.42 Å². The third-order valence-corrected chi connectivity index (χ3v) is 2.51. The van der Waals surface area contributed by atoms with E-state index in [-0.39, 0.29) is 0 Å². The van der Waals surface area contributed by atoms with E-state index in [1.54, 1.807) is 6.08 Å². The van der Waals surface area contributed by atoms with Crippen molar-refractivity contribution in [2.24, 2.45) is 0 Å². The summed E-state index contributed by atoms with van der Waals surface area (Å²) in [6.45, 7) is 6.09. The van der Waals surface area contributed by atoms with E-state index < -0.39 is 11.8 Å². The second-order valence-corrected chi connectivity index (χ2v) is 3.87. The Bertz CT molecular complexity index is 252. The van der Waals surface area contributed by atoms with E-state index in [1.165, 1.54) is 4.42 Å². The Labute approximate surface area is 88.5 Å². The third-order valence-electron chi connectivity index (χ3n) is 1.88. The summed E-state index contributed by atoms with van der Waals surface area (Å²) in [6.07, 6.45) is 1.59. The van der Waals surface area contributed by atoms with Crippen LogP contribution in [0.2, 0.25) is 0 Å². The predicted octanol–water partition coefficient (Wildman–Crippen LogP) is 1.65. The van der Waals surface area contributed by atoms with E-state index in [2.05, 4.69) is 0 Å². The van der Waals surface area contributed by atoms with Crippen molar-refractivity contribution in [3.8, 4) is 0 Å². The van der Waals surface area contributed by atoms with Gasteiger partial charge in [-0.1, -0.05) is 0 Å². The van der Waals surface area contributed by atoms with Crippen LogP contribution in [-0.4, -0.2) is 29.1 Å². The van der Waals surface area contributed by atoms with E-state index in [1.807, 2.05) is 20.8 Å². The Morgan fingerprint density at radius 1 is 1.79 bits per heavy atom. The van der Waals surface area contributed by atoms with Gasteiger partial charge >= 0.3 is 0 Å². The Hall–Kier alpha value is -0.740. The average Bonchev–Trinajstić information content (AvgIpc) is 2.11. The second-order valence-electron chi connectivity index (χ2n) is 3.51. The Morgan fingerprint density at radius 3 is 2.93 bits per heavy atom. The summed E-state index contributed by atoms with van der Waals surface area (Å²) in [4.78, 5) is 10.7. The highest BCUT2D eigenvalue weighted by Gasteiger charge is 2.37. The maximum Gasteiger partial charge on any atom is 0.278 e. The van der Waals surface area contributed by atoms with Gasteiger partial charge in [0.1, 0.15) is 0 Å². The van der Waals surface area contributed by atoms with E-state index in [4.69, 9.17) is 21.3 Å². The highest BCUT2D eigenvalue weighted by molar-refractivity contribution is 6.14. The minimum atomic E-state index is -0.793. The van der Waals surface area contributed by atoms with E-state index in [9.17, 15) is 4.79 Å². The van der Waals surface area contributed by atoms with Crippen LogP contribution >= 0.6 is 11.8 Å². The number of hydrogen-bond acceptors (Lipinski definition) is 4. The largest absolute Gasteiger partial charge is 0.466 e. The van der Waals surface area contributed by atoms with Crippen molar-refractivity contribution in [3.63, 3.8) is 0 Å². The van der Waals surface area contributed by atoms with E-state index >= 15 is 0 Å². The van der Waals surface area contributed by atoms with Crippen LogP contribution in [0.1, 0.15) is 20.8 Å². The smallest absolute Gasteiger partial charge is 0.278 e. The fraction of sp³-hybridized carbons (Fsp3) is 0.667. The third kappa shape index (κ3) is 2.19. The number of hydrogen-bond donors (Lipinski definition) is 0. The van der Waals surface area contributed by atoms with Crippen LogP contribution in [0.4, 0.5) is 0 Å². The van der Waals surface area contributed by atoms with Gasteiger partial charge in [0, 0.05) is 6.08 Å². The first-order valence-electron chi connectivity index (χ1n) is 4.44. The van der Waals surface area contributed by atoms with Crippen LogP contribution < -0.4 is 0 Å². The van der Waals surface area contributed by atoms with Gasteiger partial charge in [-0.05, 0) is 32.5 Å². The zero-order valence-corrected chi connectivity index (χ0v) is 9.25. The molecule has 0 N–H and O–H groups in total. The quantitative estimate of drug-likeness (QED) is 0.535. The molecular weight excluding hydrogens is 206 g/mol. The van der Waals surface area contributed by atoms with Crippen LogP contribution in [-0.2, 0) is 14.3 Å². The highest BCUT2D eigenvalue weighted by atomic mass is 35.5. The highest BCUT2D eigenvalue weighted by Crippen LogP contribution is 2.29. The molecule has 1 rings (SSSR count). The fourth-order valence-electron chi connectivity index (χ4n) is 1.18. The summed E-state index contributed by atoms with van der Waals surface area (Å²) in [5, 5.41) is 0. The van der Waals surface area contributed by atoms with E-state index in [0.29, 0.717) is 18.8 Å². The van der Waals surface area contributed by atoms with Crippen LogP contribution in [0.25, 0.3) is 0 Å². The monoisotopic (exact) mass is 219 g/mol. The van der Waals surface area contributed by atoms with Gasteiger partial charge in [-0.3, -0.25) is 4.79 Å². The lowest BCUT2D eigenvalue weighted by Crippen LogP contribution is -2.48. The van der Waals surface area contributed by atoms with Crippen molar-refractivity contribution >= 4 is 18.1 Å². The Kier molecular flexibility index (Phi) is 3.39. The summed E-state index contributed by atoms with van der Waals surface area (Å²) in [5.41, 5.74) is -0.462. The van der Waals surface area contributed by atoms with Gasteiger partial charge < -0.3 is 9.47 Å². The molecule has 0 aromatic heterocycles. The summed E-state index contributed by atoms with van der Waals surface area (Å²) >= 11 is 5.92. The van der Waals surface area contributed by atoms with Gasteiger partial charge in [0.05, 0.1) is 12.1 Å². The van der Waals surface area contributed by atoms with Gasteiger partial charge in [-0.15, -0.1) is 0 Å². The molecule has 14 heavy (non-hydrogen) atoms. The van der Waals surface area contributed by atoms with Gasteiger partial charge in [0.2, 0.25) is 6.23 Å². The zero-order chi connectivity index (χ0) is 10.8. The van der Waals surface area contributed by atoms with Crippen molar-refractivity contribution in [2.75, 3.05) is 6.61 Å². The zero-order valence-electron chi connectivity index (χ0n) is 8.49. The standard InChI is InChI=1S/C9H14ClNO3/c1-4-13-8-5-9(2,3)11(10)7(6-12)14-8/h5-7H,4H2,1-3H3. The molecule has 0 amide bonds. The molecule has 4 nitrogen and oxygen atoms in total. The normalized spacial score (nSPS) is 26.3. The molecule has 1 atom stereocenters. The molecule has 0 aliphatic carbocycles. The summed E-state index contributed by atoms with van der Waals surface area (Å²) < 4.78 is 11.7. The van der Waals surface area contributed by atoms with Crippen LogP contribution in [0.5, 0.6) is 0 Å². The number of aldehydes is 1. The fourth-order valence-corrected chi connectivity index (χ4v) is 1.31. The minimum absolute atomic E-state index is 0.353. The number of ether oxygens (including phenoxy) is 2. The first-order valence-corrected chi connectivity index (χ1v) is 4.78. The van der Waals surface area contributed by atoms with Crippen molar-refractivity contribution in [1.82, 2.24) is 4.42 Å². The molecule has 0 fully saturated rings. The topological polar surface area (TPSA) is 38.8 Å². The number of nitrogens with zero attached hydrogens (tertiary/aromatic N) is 1. The van der Waals surface area contributed by atoms with Gasteiger partial charge in [0.25, 0.3) is 5.95 Å². The first-order chi connectivity index (χ1) is 6.51. The average molecular weight is 220 g/mol. The molecule has 0 aromatic rings. The molecule has 1 heterocycles. The molecule has 80 valence electrons. The SMILES string of the molecule is CCOC1=CC(C)(C)N(Cl)C(C=O)O1. The maximum atomic E-state index is 10.7. The van der Waals surface area contributed by atoms with Crippen molar-refractivity contribution in [1.29, 1.82) is 0 Å². The second kappa shape index (κ2) is 4.19. The molecule has 0 bridgehead atoms. The van der Waals surface area contributed by atoms with Gasteiger partial charge in [0.15, 0.2) is 6.29 Å². The van der Waals surface area contributed by atoms with Crippen molar-refractivity contribution in [2.45, 2.75) is 32.5 Å². The molecule has 0 radical (unpaired) electrons. The molecular formula is C9H14ClNO3. The van der Waals surface area contributed by atoms with Crippen LogP contribution in [0, 0.1) is 0 Å². The van der Waals surface area contributed by atoms with Gasteiger partial charge in [-0.25, -0.2) is 0 Å². The van der Waals surface area contributed by atoms with Crippen molar-refractivity contribution in [3.05, 3.63) is 12.0 Å². The lowest BCUT2D eigenvalue weighted by atomic mass is 10.0. The molecule has 5 heteroatoms. The minimum Gasteiger partial charge on any atom is -0.466 e. The number of rotatable bonds is 3. The number of carbonyl (C=O) groups excluding carboxylic acids is 1. The lowest BCUT2D eigenvalue weighted by molar-refractivity contribution is -0.135. The summed E-state index contributed by atoms with van der Waals surface area (Å²) in [7, 11) is 0. The lowest BCUT2D eigenvalue weighted by Gasteiger charge is -2.38. The number of carbonyl (C=O) groups is 1. The molecule has 0 saturated carbocycles. The maximum absolute atomic E-state index is 10.7. The molecule has 0 aromatic carbocycles. The van der Waals surface area contributed by atoms with Crippen LogP contribution in [0.15, 0.2) is 12.0 Å². The molecule has 1 aliphatic heterocycles. The van der Waals surface area contributed by atoms with Crippen LogP contribution in [0.3, 0.4) is 0 Å². The summed E-state index contributed by atoms with van der Waals surface area (Å²) in [6, 6.07) is 0. The number of halogens is 1. The Morgan fingerprint density at radius 2 is 2.43 bits per heavy atom. The predicted molar refractivity (Wildman–Crippen MR) is 52.4 cm³/mol. The molecule has 0 saturated heterocycles. The molecule has 0 spiro atoms. The van der Waals surface area contributed by atoms with E-state index in [0.717, 1.165) is 0 Å². The summed E-state index contributed by atoms with van der Waals surface area (Å²) in [5.74, 6) is 0.353. The van der Waals surface area contributed by atoms with Crippen molar-refractivity contribution < 1.29 is 14.3 Å². The first kappa shape index (κ1) is 11.3. The Balaban J connectivity index is 2.87.